The molecule has 0 saturated carbocycles. The SMILES string of the molecule is COc1ccc(CNC(=O)NC(CO)C(=O)O)cc1OC. The van der Waals surface area contributed by atoms with E-state index in [2.05, 4.69) is 10.6 Å². The summed E-state index contributed by atoms with van der Waals surface area (Å²) in [4.78, 5) is 22.2. The number of aliphatic hydroxyl groups is 1. The molecule has 1 atom stereocenters. The first kappa shape index (κ1) is 16.6. The van der Waals surface area contributed by atoms with Gasteiger partial charge in [0.2, 0.25) is 0 Å². The lowest BCUT2D eigenvalue weighted by Crippen LogP contribution is -2.47. The van der Waals surface area contributed by atoms with Gasteiger partial charge in [-0.15, -0.1) is 0 Å². The number of ether oxygens (including phenoxy) is 2. The van der Waals surface area contributed by atoms with Gasteiger partial charge in [0.05, 0.1) is 20.8 Å². The van der Waals surface area contributed by atoms with E-state index < -0.39 is 24.6 Å². The lowest BCUT2D eigenvalue weighted by molar-refractivity contribution is -0.140. The molecule has 4 N–H and O–H groups in total. The molecule has 1 rings (SSSR count). The van der Waals surface area contributed by atoms with Gasteiger partial charge in [0.15, 0.2) is 17.5 Å². The molecular formula is C13H18N2O6. The third kappa shape index (κ3) is 4.84. The lowest BCUT2D eigenvalue weighted by atomic mass is 10.2. The Morgan fingerprint density at radius 2 is 1.90 bits per heavy atom. The molecule has 0 bridgehead atoms. The second-order valence-corrected chi connectivity index (χ2v) is 4.09. The van der Waals surface area contributed by atoms with Crippen molar-refractivity contribution < 1.29 is 29.3 Å². The standard InChI is InChI=1S/C13H18N2O6/c1-20-10-4-3-8(5-11(10)21-2)6-14-13(19)15-9(7-16)12(17)18/h3-5,9,16H,6-7H2,1-2H3,(H,17,18)(H2,14,15,19). The van der Waals surface area contributed by atoms with Crippen LogP contribution in [-0.4, -0.2) is 49.1 Å². The van der Waals surface area contributed by atoms with Gasteiger partial charge in [0.1, 0.15) is 0 Å². The van der Waals surface area contributed by atoms with Gasteiger partial charge in [-0.3, -0.25) is 0 Å². The number of hydrogen-bond acceptors (Lipinski definition) is 5. The van der Waals surface area contributed by atoms with E-state index in [0.29, 0.717) is 11.5 Å². The number of hydrogen-bond donors (Lipinski definition) is 4. The third-order valence-corrected chi connectivity index (χ3v) is 2.69. The van der Waals surface area contributed by atoms with Gasteiger partial charge in [-0.1, -0.05) is 6.07 Å². The zero-order chi connectivity index (χ0) is 15.8. The molecule has 1 aromatic rings. The number of carbonyl (C=O) groups is 2. The molecule has 0 saturated heterocycles. The number of nitrogens with one attached hydrogen (secondary N) is 2. The molecule has 116 valence electrons. The number of rotatable bonds is 7. The third-order valence-electron chi connectivity index (χ3n) is 2.69. The van der Waals surface area contributed by atoms with Crippen LogP contribution in [0.25, 0.3) is 0 Å². The van der Waals surface area contributed by atoms with Crippen LogP contribution in [-0.2, 0) is 11.3 Å². The summed E-state index contributed by atoms with van der Waals surface area (Å²) in [5.41, 5.74) is 0.749. The van der Waals surface area contributed by atoms with Crippen LogP contribution in [0.2, 0.25) is 0 Å². The first-order valence-electron chi connectivity index (χ1n) is 6.10. The van der Waals surface area contributed by atoms with Crippen molar-refractivity contribution in [3.8, 4) is 11.5 Å². The minimum absolute atomic E-state index is 0.171. The first-order valence-corrected chi connectivity index (χ1v) is 6.10. The maximum absolute atomic E-state index is 11.5. The Labute approximate surface area is 121 Å². The van der Waals surface area contributed by atoms with Gasteiger partial charge >= 0.3 is 12.0 Å². The minimum Gasteiger partial charge on any atom is -0.493 e. The van der Waals surface area contributed by atoms with Crippen LogP contribution in [0.15, 0.2) is 18.2 Å². The quantitative estimate of drug-likeness (QED) is 0.560. The van der Waals surface area contributed by atoms with Gasteiger partial charge in [0.25, 0.3) is 0 Å². The maximum atomic E-state index is 11.5. The van der Waals surface area contributed by atoms with Crippen LogP contribution < -0.4 is 20.1 Å². The normalized spacial score (nSPS) is 11.4. The number of benzene rings is 1. The van der Waals surface area contributed by atoms with E-state index in [0.717, 1.165) is 5.56 Å². The molecule has 8 nitrogen and oxygen atoms in total. The molecule has 2 amide bonds. The molecule has 0 spiro atoms. The summed E-state index contributed by atoms with van der Waals surface area (Å²) in [7, 11) is 3.02. The van der Waals surface area contributed by atoms with Crippen molar-refractivity contribution in [1.82, 2.24) is 10.6 Å². The smallest absolute Gasteiger partial charge is 0.328 e. The number of urea groups is 1. The molecule has 0 heterocycles. The summed E-state index contributed by atoms with van der Waals surface area (Å²) in [5.74, 6) is -0.216. The van der Waals surface area contributed by atoms with Crippen LogP contribution >= 0.6 is 0 Å². The number of aliphatic hydroxyl groups excluding tert-OH is 1. The second kappa shape index (κ2) is 7.95. The average molecular weight is 298 g/mol. The molecule has 0 fully saturated rings. The average Bonchev–Trinajstić information content (AvgIpc) is 2.49. The van der Waals surface area contributed by atoms with Crippen LogP contribution in [0, 0.1) is 0 Å². The second-order valence-electron chi connectivity index (χ2n) is 4.09. The number of aliphatic carboxylic acids is 1. The van der Waals surface area contributed by atoms with Crippen LogP contribution in [0.4, 0.5) is 4.79 Å². The van der Waals surface area contributed by atoms with Crippen molar-refractivity contribution in [2.45, 2.75) is 12.6 Å². The van der Waals surface area contributed by atoms with E-state index in [9.17, 15) is 9.59 Å². The highest BCUT2D eigenvalue weighted by Crippen LogP contribution is 2.27. The van der Waals surface area contributed by atoms with Gasteiger partial charge < -0.3 is 30.3 Å². The molecule has 1 unspecified atom stereocenters. The predicted octanol–water partition coefficient (Wildman–Crippen LogP) is -0.0515. The largest absolute Gasteiger partial charge is 0.493 e. The highest BCUT2D eigenvalue weighted by molar-refractivity contribution is 5.82. The fourth-order valence-corrected chi connectivity index (χ4v) is 1.57. The summed E-state index contributed by atoms with van der Waals surface area (Å²) in [6.45, 7) is -0.511. The van der Waals surface area contributed by atoms with Crippen LogP contribution in [0.3, 0.4) is 0 Å². The summed E-state index contributed by atoms with van der Waals surface area (Å²) < 4.78 is 10.2. The molecule has 0 aliphatic carbocycles. The van der Waals surface area contributed by atoms with Crippen molar-refractivity contribution in [3.05, 3.63) is 23.8 Å². The Morgan fingerprint density at radius 3 is 2.43 bits per heavy atom. The van der Waals surface area contributed by atoms with Crippen molar-refractivity contribution in [2.75, 3.05) is 20.8 Å². The van der Waals surface area contributed by atoms with Crippen molar-refractivity contribution in [1.29, 1.82) is 0 Å². The van der Waals surface area contributed by atoms with Gasteiger partial charge in [-0.25, -0.2) is 9.59 Å². The topological polar surface area (TPSA) is 117 Å². The predicted molar refractivity (Wildman–Crippen MR) is 73.4 cm³/mol. The number of carboxylic acid groups (broad SMARTS) is 1. The van der Waals surface area contributed by atoms with E-state index in [-0.39, 0.29) is 6.54 Å². The number of carbonyl (C=O) groups excluding carboxylic acids is 1. The van der Waals surface area contributed by atoms with Crippen LogP contribution in [0.5, 0.6) is 11.5 Å². The van der Waals surface area contributed by atoms with E-state index in [1.807, 2.05) is 0 Å². The fourth-order valence-electron chi connectivity index (χ4n) is 1.57. The molecule has 0 radical (unpaired) electrons. The lowest BCUT2D eigenvalue weighted by Gasteiger charge is -2.13. The molecule has 0 aliphatic heterocycles. The Kier molecular flexibility index (Phi) is 6.28. The Hall–Kier alpha value is -2.48. The van der Waals surface area contributed by atoms with E-state index in [4.69, 9.17) is 19.7 Å². The Bertz CT molecular complexity index is 505. The fraction of sp³-hybridized carbons (Fsp3) is 0.385. The Balaban J connectivity index is 2.59. The molecular weight excluding hydrogens is 280 g/mol. The Morgan fingerprint density at radius 1 is 1.24 bits per heavy atom. The summed E-state index contributed by atoms with van der Waals surface area (Å²) in [6.07, 6.45) is 0. The van der Waals surface area contributed by atoms with Crippen molar-refractivity contribution in [2.24, 2.45) is 0 Å². The van der Waals surface area contributed by atoms with Crippen molar-refractivity contribution in [3.63, 3.8) is 0 Å². The maximum Gasteiger partial charge on any atom is 0.328 e. The highest BCUT2D eigenvalue weighted by atomic mass is 16.5. The number of methoxy groups -OCH3 is 2. The number of amides is 2. The van der Waals surface area contributed by atoms with E-state index >= 15 is 0 Å². The zero-order valence-electron chi connectivity index (χ0n) is 11.8. The molecule has 1 aromatic carbocycles. The summed E-state index contributed by atoms with van der Waals surface area (Å²) >= 11 is 0. The molecule has 8 heteroatoms. The van der Waals surface area contributed by atoms with Crippen LogP contribution in [0.1, 0.15) is 5.56 Å². The summed E-state index contributed by atoms with van der Waals surface area (Å²) in [6, 6.07) is 3.10. The molecule has 0 aromatic heterocycles. The van der Waals surface area contributed by atoms with Gasteiger partial charge in [0, 0.05) is 6.54 Å². The summed E-state index contributed by atoms with van der Waals surface area (Å²) in [5, 5.41) is 22.1. The highest BCUT2D eigenvalue weighted by Gasteiger charge is 2.18. The van der Waals surface area contributed by atoms with Crippen molar-refractivity contribution >= 4 is 12.0 Å². The van der Waals surface area contributed by atoms with Gasteiger partial charge in [-0.2, -0.15) is 0 Å². The first-order chi connectivity index (χ1) is 10.0. The van der Waals surface area contributed by atoms with Gasteiger partial charge in [-0.05, 0) is 17.7 Å². The monoisotopic (exact) mass is 298 g/mol. The molecule has 21 heavy (non-hydrogen) atoms. The minimum atomic E-state index is -1.34. The molecule has 0 aliphatic rings. The number of carboxylic acids is 1. The van der Waals surface area contributed by atoms with E-state index in [1.54, 1.807) is 18.2 Å². The zero-order valence-corrected chi connectivity index (χ0v) is 11.8. The van der Waals surface area contributed by atoms with E-state index in [1.165, 1.54) is 14.2 Å².